The summed E-state index contributed by atoms with van der Waals surface area (Å²) in [5.41, 5.74) is -0.925. The summed E-state index contributed by atoms with van der Waals surface area (Å²) >= 11 is 3.38. The van der Waals surface area contributed by atoms with Gasteiger partial charge in [-0.05, 0) is 104 Å². The van der Waals surface area contributed by atoms with E-state index in [9.17, 15) is 0 Å². The van der Waals surface area contributed by atoms with Crippen LogP contribution in [-0.2, 0) is 23.4 Å². The molecule has 0 bridgehead atoms. The van der Waals surface area contributed by atoms with Crippen molar-refractivity contribution in [3.05, 3.63) is 46.3 Å². The second-order valence-electron chi connectivity index (χ2n) is 16.3. The summed E-state index contributed by atoms with van der Waals surface area (Å²) in [6.07, 6.45) is 14.4. The molecule has 2 aromatic rings. The van der Waals surface area contributed by atoms with Crippen molar-refractivity contribution in [1.82, 2.24) is 0 Å². The quantitative estimate of drug-likeness (QED) is 0.110. The van der Waals surface area contributed by atoms with Crippen LogP contribution in [0.25, 0.3) is 0 Å². The van der Waals surface area contributed by atoms with E-state index in [0.29, 0.717) is 5.82 Å². The Labute approximate surface area is 360 Å². The summed E-state index contributed by atoms with van der Waals surface area (Å²) < 4.78 is 29.8. The van der Waals surface area contributed by atoms with Crippen molar-refractivity contribution >= 4 is 41.7 Å². The molecule has 0 saturated carbocycles. The molecular weight excluding hydrogens is 713 g/mol. The monoisotopic (exact) mass is 789 g/mol. The number of hydrogen-bond donors (Lipinski definition) is 0. The van der Waals surface area contributed by atoms with Gasteiger partial charge in [-0.1, -0.05) is 103 Å². The van der Waals surface area contributed by atoms with Crippen molar-refractivity contribution in [1.29, 1.82) is 0 Å². The molecule has 5 heterocycles. The molecule has 3 fully saturated rings. The minimum atomic E-state index is -0.284. The fourth-order valence-corrected chi connectivity index (χ4v) is 6.19. The van der Waals surface area contributed by atoms with Crippen LogP contribution >= 0.6 is 22.7 Å². The van der Waals surface area contributed by atoms with E-state index in [0.717, 1.165) is 42.1 Å². The fourth-order valence-electron chi connectivity index (χ4n) is 4.75. The topological polar surface area (TPSA) is 46.2 Å². The summed E-state index contributed by atoms with van der Waals surface area (Å²) in [6.45, 7) is 33.0. The third kappa shape index (κ3) is 21.0. The smallest absolute Gasteiger partial charge is 0.403 e. The van der Waals surface area contributed by atoms with Crippen molar-refractivity contribution in [2.24, 2.45) is 0 Å². The maximum atomic E-state index is 6.06. The fraction of sp³-hybridized carbons (Fsp3) is 0.711. The van der Waals surface area contributed by atoms with Gasteiger partial charge >= 0.3 is 33.1 Å². The molecule has 0 N–H and O–H groups in total. The Hall–Kier alpha value is -0.953. The Morgan fingerprint density at radius 2 is 1.16 bits per heavy atom. The molecule has 5 nitrogen and oxygen atoms in total. The summed E-state index contributed by atoms with van der Waals surface area (Å²) in [7, 11) is -0.314. The van der Waals surface area contributed by atoms with Crippen molar-refractivity contribution in [3.63, 3.8) is 0 Å². The van der Waals surface area contributed by atoms with Gasteiger partial charge in [0.15, 0.2) is 0 Å². The van der Waals surface area contributed by atoms with E-state index in [-0.39, 0.29) is 55.5 Å². The van der Waals surface area contributed by atoms with E-state index >= 15 is 0 Å². The molecule has 3 aliphatic rings. The summed E-state index contributed by atoms with van der Waals surface area (Å²) in [5, 5.41) is 2.07. The second-order valence-corrected chi connectivity index (χ2v) is 18.4. The number of thiophene rings is 2. The minimum absolute atomic E-state index is 0. The first kappa shape index (κ1) is 54.0. The minimum Gasteiger partial charge on any atom is -0.403 e. The molecule has 3 aliphatic heterocycles. The third-order valence-corrected chi connectivity index (χ3v) is 11.7. The van der Waals surface area contributed by atoms with Gasteiger partial charge in [-0.3, -0.25) is 0 Å². The van der Waals surface area contributed by atoms with E-state index < -0.39 is 0 Å². The Kier molecular flexibility index (Phi) is 28.0. The van der Waals surface area contributed by atoms with Gasteiger partial charge in [0.1, 0.15) is 0 Å². The molecule has 0 radical (unpaired) electrons. The Bertz CT molecular complexity index is 1340. The molecule has 0 atom stereocenters. The summed E-state index contributed by atoms with van der Waals surface area (Å²) in [6, 6.07) is 8.25. The predicted octanol–water partition coefficient (Wildman–Crippen LogP) is 9.57. The SMILES string of the molecule is C1CCOC1.CC(C)B1OC(C)(C)C(C)(C)O1.CCCCCC#Cc1ccc(B2OC(C)(C)C(C)(C)O2)s1.CCCCCC#Cc1cccs1.[CH2-]CCC.[Li+]. The standard InChI is InChI=1S/C17H25BO2S.C11H14S.C9H19BO2.C4H8O.C4H9.Li/c1-6-7-8-9-10-11-14-12-13-15(21-14)18-19-16(2,3)17(4,5)20-18;1-2-3-4-5-6-8-11-9-7-10-12-11;1-7(2)10-11-8(3,4)9(5,6)12-10;1-2-4-5-3-1;1-3-4-2;/h12-13H,6-9H2,1-5H3;7,9-10H,2-5H2,1H3;7H,1-6H3;1-4H2;1,3-4H2,2H3;/q;;;;-1;+1. The molecule has 0 aliphatic carbocycles. The number of rotatable bonds is 9. The molecule has 3 saturated heterocycles. The molecule has 0 aromatic carbocycles. The van der Waals surface area contributed by atoms with Crippen LogP contribution in [0.4, 0.5) is 0 Å². The van der Waals surface area contributed by atoms with Crippen LogP contribution in [0.5, 0.6) is 0 Å². The zero-order valence-electron chi connectivity index (χ0n) is 37.6. The van der Waals surface area contributed by atoms with E-state index in [4.69, 9.17) is 23.4 Å². The molecule has 0 amide bonds. The van der Waals surface area contributed by atoms with Crippen LogP contribution in [0.15, 0.2) is 29.6 Å². The van der Waals surface area contributed by atoms with E-state index in [1.807, 2.05) is 6.07 Å². The number of ether oxygens (including phenoxy) is 1. The summed E-state index contributed by atoms with van der Waals surface area (Å²) in [4.78, 5) is 2.28. The second kappa shape index (κ2) is 28.5. The predicted molar refractivity (Wildman–Crippen MR) is 238 cm³/mol. The van der Waals surface area contributed by atoms with Gasteiger partial charge in [-0.25, -0.2) is 0 Å². The normalized spacial score (nSPS) is 17.9. The van der Waals surface area contributed by atoms with Gasteiger partial charge in [0.2, 0.25) is 0 Å². The van der Waals surface area contributed by atoms with Gasteiger partial charge in [0, 0.05) is 30.8 Å². The average Bonchev–Trinajstić information content (AvgIpc) is 3.96. The first-order chi connectivity index (χ1) is 25.5. The van der Waals surface area contributed by atoms with Crippen LogP contribution < -0.4 is 23.6 Å². The van der Waals surface area contributed by atoms with Crippen LogP contribution in [0.3, 0.4) is 0 Å². The molecule has 0 spiro atoms. The number of hydrogen-bond acceptors (Lipinski definition) is 7. The molecule has 0 unspecified atom stereocenters. The van der Waals surface area contributed by atoms with Crippen LogP contribution in [-0.4, -0.2) is 49.9 Å². The molecule has 2 aromatic heterocycles. The Morgan fingerprint density at radius 3 is 1.53 bits per heavy atom. The maximum Gasteiger partial charge on any atom is 1.00 e. The molecule has 55 heavy (non-hydrogen) atoms. The maximum absolute atomic E-state index is 6.06. The Morgan fingerprint density at radius 1 is 0.691 bits per heavy atom. The van der Waals surface area contributed by atoms with Crippen molar-refractivity contribution < 1.29 is 42.2 Å². The molecule has 10 heteroatoms. The van der Waals surface area contributed by atoms with Gasteiger partial charge in [0.05, 0.1) is 32.2 Å². The van der Waals surface area contributed by atoms with Crippen LogP contribution in [0.2, 0.25) is 5.82 Å². The number of unbranched alkanes of at least 4 members (excludes halogenated alkanes) is 7. The van der Waals surface area contributed by atoms with E-state index in [1.165, 1.54) is 62.7 Å². The van der Waals surface area contributed by atoms with Gasteiger partial charge < -0.3 is 30.3 Å². The van der Waals surface area contributed by atoms with Gasteiger partial charge in [0.25, 0.3) is 0 Å². The van der Waals surface area contributed by atoms with E-state index in [1.54, 1.807) is 22.7 Å². The average molecular weight is 789 g/mol. The first-order valence-corrected chi connectivity index (χ1v) is 22.4. The van der Waals surface area contributed by atoms with Crippen molar-refractivity contribution in [3.8, 4) is 23.7 Å². The van der Waals surface area contributed by atoms with E-state index in [2.05, 4.69) is 144 Å². The Balaban J connectivity index is 0.000000737. The van der Waals surface area contributed by atoms with Crippen molar-refractivity contribution in [2.45, 2.75) is 195 Å². The summed E-state index contributed by atoms with van der Waals surface area (Å²) in [5.74, 6) is 13.3. The van der Waals surface area contributed by atoms with Crippen molar-refractivity contribution in [2.75, 3.05) is 13.2 Å². The molecule has 5 rings (SSSR count). The zero-order chi connectivity index (χ0) is 40.7. The zero-order valence-corrected chi connectivity index (χ0v) is 39.2. The largest absolute Gasteiger partial charge is 1.00 e. The van der Waals surface area contributed by atoms with Crippen LogP contribution in [0.1, 0.15) is 177 Å². The molecule has 304 valence electrons. The van der Waals surface area contributed by atoms with Gasteiger partial charge in [-0.2, -0.15) is 6.42 Å². The van der Waals surface area contributed by atoms with Crippen LogP contribution in [0, 0.1) is 30.6 Å². The third-order valence-electron chi connectivity index (χ3n) is 9.86. The first-order valence-electron chi connectivity index (χ1n) is 20.7. The van der Waals surface area contributed by atoms with Gasteiger partial charge in [-0.15, -0.1) is 22.7 Å². The molecular formula is C45H75B2LiO5S2.